The van der Waals surface area contributed by atoms with Crippen molar-refractivity contribution in [1.29, 1.82) is 0 Å². The Labute approximate surface area is 104 Å². The van der Waals surface area contributed by atoms with Crippen LogP contribution in [0.2, 0.25) is 5.02 Å². The Morgan fingerprint density at radius 2 is 2.18 bits per heavy atom. The molecule has 4 nitrogen and oxygen atoms in total. The molecule has 0 fully saturated rings. The van der Waals surface area contributed by atoms with Crippen LogP contribution in [-0.4, -0.2) is 23.5 Å². The number of nitrogens with one attached hydrogen (secondary N) is 1. The van der Waals surface area contributed by atoms with E-state index >= 15 is 0 Å². The first-order valence-electron chi connectivity index (χ1n) is 5.01. The van der Waals surface area contributed by atoms with Gasteiger partial charge in [0.1, 0.15) is 0 Å². The quantitative estimate of drug-likeness (QED) is 0.788. The number of halogens is 1. The molecule has 1 rings (SSSR count). The van der Waals surface area contributed by atoms with Gasteiger partial charge in [0.05, 0.1) is 6.42 Å². The molecule has 5 heteroatoms. The Balaban J connectivity index is 2.43. The maximum absolute atomic E-state index is 11.3. The largest absolute Gasteiger partial charge is 0.481 e. The molecule has 90 valence electrons. The third kappa shape index (κ3) is 5.73. The van der Waals surface area contributed by atoms with Crippen molar-refractivity contribution < 1.29 is 14.7 Å². The normalized spacial score (nSPS) is 10.4. The van der Waals surface area contributed by atoms with Crippen molar-refractivity contribution in [1.82, 2.24) is 5.32 Å². The van der Waals surface area contributed by atoms with E-state index in [0.717, 1.165) is 5.56 Å². The van der Waals surface area contributed by atoms with Crippen molar-refractivity contribution in [2.75, 3.05) is 6.54 Å². The van der Waals surface area contributed by atoms with Gasteiger partial charge in [0.2, 0.25) is 5.91 Å². The standard InChI is InChI=1S/C12H12ClNO3/c13-10-3-1-2-9(8-10)4-5-11(15)14-7-6-12(16)17/h1-5,8H,6-7H2,(H,14,15)(H,16,17)/b5-4+. The van der Waals surface area contributed by atoms with E-state index in [9.17, 15) is 9.59 Å². The molecule has 0 aliphatic rings. The summed E-state index contributed by atoms with van der Waals surface area (Å²) in [6.45, 7) is 0.119. The van der Waals surface area contributed by atoms with Crippen LogP contribution in [0.25, 0.3) is 6.08 Å². The second-order valence-corrected chi connectivity index (χ2v) is 3.76. The number of rotatable bonds is 5. The minimum absolute atomic E-state index is 0.0866. The van der Waals surface area contributed by atoms with Crippen molar-refractivity contribution in [3.05, 3.63) is 40.9 Å². The Morgan fingerprint density at radius 1 is 1.41 bits per heavy atom. The number of carbonyl (C=O) groups is 2. The van der Waals surface area contributed by atoms with Crippen molar-refractivity contribution in [2.24, 2.45) is 0 Å². The maximum atomic E-state index is 11.3. The summed E-state index contributed by atoms with van der Waals surface area (Å²) in [6, 6.07) is 7.06. The topological polar surface area (TPSA) is 66.4 Å². The second kappa shape index (κ2) is 6.70. The number of hydrogen-bond acceptors (Lipinski definition) is 2. The van der Waals surface area contributed by atoms with Crippen LogP contribution in [0.4, 0.5) is 0 Å². The zero-order valence-electron chi connectivity index (χ0n) is 9.02. The average molecular weight is 254 g/mol. The Kier molecular flexibility index (Phi) is 5.23. The Morgan fingerprint density at radius 3 is 2.82 bits per heavy atom. The number of carboxylic acids is 1. The van der Waals surface area contributed by atoms with E-state index < -0.39 is 5.97 Å². The number of amides is 1. The molecule has 17 heavy (non-hydrogen) atoms. The van der Waals surface area contributed by atoms with Crippen molar-refractivity contribution in [3.63, 3.8) is 0 Å². The van der Waals surface area contributed by atoms with Crippen LogP contribution < -0.4 is 5.32 Å². The lowest BCUT2D eigenvalue weighted by molar-refractivity contribution is -0.136. The van der Waals surface area contributed by atoms with Crippen LogP contribution >= 0.6 is 11.6 Å². The van der Waals surface area contributed by atoms with Crippen LogP contribution in [0, 0.1) is 0 Å². The SMILES string of the molecule is O=C(O)CCNC(=O)/C=C/c1cccc(Cl)c1. The number of carboxylic acid groups (broad SMARTS) is 1. The fourth-order valence-corrected chi connectivity index (χ4v) is 1.33. The van der Waals surface area contributed by atoms with Crippen LogP contribution in [0.5, 0.6) is 0 Å². The highest BCUT2D eigenvalue weighted by atomic mass is 35.5. The molecule has 0 unspecified atom stereocenters. The summed E-state index contributed by atoms with van der Waals surface area (Å²) in [5, 5.41) is 11.4. The highest BCUT2D eigenvalue weighted by Gasteiger charge is 1.98. The lowest BCUT2D eigenvalue weighted by Crippen LogP contribution is -2.23. The molecular formula is C12H12ClNO3. The summed E-state index contributed by atoms with van der Waals surface area (Å²) < 4.78 is 0. The molecule has 0 saturated heterocycles. The molecule has 1 amide bonds. The van der Waals surface area contributed by atoms with Gasteiger partial charge in [-0.05, 0) is 23.8 Å². The highest BCUT2D eigenvalue weighted by molar-refractivity contribution is 6.30. The first-order valence-corrected chi connectivity index (χ1v) is 5.39. The van der Waals surface area contributed by atoms with Gasteiger partial charge in [0.15, 0.2) is 0 Å². The molecule has 1 aromatic carbocycles. The maximum Gasteiger partial charge on any atom is 0.305 e. The summed E-state index contributed by atoms with van der Waals surface area (Å²) in [5.74, 6) is -1.27. The average Bonchev–Trinajstić information content (AvgIpc) is 2.26. The lowest BCUT2D eigenvalue weighted by atomic mass is 10.2. The molecule has 0 heterocycles. The summed E-state index contributed by atoms with van der Waals surface area (Å²) in [5.41, 5.74) is 0.811. The van der Waals surface area contributed by atoms with E-state index in [-0.39, 0.29) is 18.9 Å². The number of benzene rings is 1. The molecular weight excluding hydrogens is 242 g/mol. The fraction of sp³-hybridized carbons (Fsp3) is 0.167. The van der Waals surface area contributed by atoms with E-state index in [4.69, 9.17) is 16.7 Å². The fourth-order valence-electron chi connectivity index (χ4n) is 1.13. The predicted octanol–water partition coefficient (Wildman–Crippen LogP) is 1.94. The van der Waals surface area contributed by atoms with Gasteiger partial charge in [0.25, 0.3) is 0 Å². The highest BCUT2D eigenvalue weighted by Crippen LogP contribution is 2.11. The molecule has 0 radical (unpaired) electrons. The van der Waals surface area contributed by atoms with Crippen molar-refractivity contribution >= 4 is 29.6 Å². The zero-order chi connectivity index (χ0) is 12.7. The predicted molar refractivity (Wildman–Crippen MR) is 65.7 cm³/mol. The molecule has 1 aromatic rings. The minimum atomic E-state index is -0.941. The van der Waals surface area contributed by atoms with Crippen molar-refractivity contribution in [2.45, 2.75) is 6.42 Å². The van der Waals surface area contributed by atoms with E-state index in [1.165, 1.54) is 6.08 Å². The summed E-state index contributed by atoms with van der Waals surface area (Å²) in [6.07, 6.45) is 2.87. The van der Waals surface area contributed by atoms with Gasteiger partial charge in [0, 0.05) is 17.6 Å². The molecule has 0 aliphatic carbocycles. The molecule has 0 aromatic heterocycles. The van der Waals surface area contributed by atoms with E-state index in [2.05, 4.69) is 5.32 Å². The molecule has 2 N–H and O–H groups in total. The molecule has 0 saturated carbocycles. The van der Waals surface area contributed by atoms with Crippen LogP contribution in [0.15, 0.2) is 30.3 Å². The third-order valence-corrected chi connectivity index (χ3v) is 2.15. The molecule has 0 bridgehead atoms. The summed E-state index contributed by atoms with van der Waals surface area (Å²) in [4.78, 5) is 21.5. The summed E-state index contributed by atoms with van der Waals surface area (Å²) >= 11 is 5.78. The first kappa shape index (κ1) is 13.3. The number of hydrogen-bond donors (Lipinski definition) is 2. The van der Waals surface area contributed by atoms with Crippen LogP contribution in [0.3, 0.4) is 0 Å². The first-order chi connectivity index (χ1) is 8.08. The molecule has 0 spiro atoms. The minimum Gasteiger partial charge on any atom is -0.481 e. The van der Waals surface area contributed by atoms with E-state index in [1.54, 1.807) is 24.3 Å². The molecule has 0 atom stereocenters. The monoisotopic (exact) mass is 253 g/mol. The lowest BCUT2D eigenvalue weighted by Gasteiger charge is -1.98. The number of aliphatic carboxylic acids is 1. The number of carbonyl (C=O) groups excluding carboxylic acids is 1. The van der Waals surface area contributed by atoms with Crippen LogP contribution in [-0.2, 0) is 9.59 Å². The smallest absolute Gasteiger partial charge is 0.305 e. The molecule has 0 aliphatic heterocycles. The Hall–Kier alpha value is -1.81. The van der Waals surface area contributed by atoms with Gasteiger partial charge >= 0.3 is 5.97 Å². The van der Waals surface area contributed by atoms with Gasteiger partial charge in [-0.3, -0.25) is 9.59 Å². The van der Waals surface area contributed by atoms with Gasteiger partial charge < -0.3 is 10.4 Å². The van der Waals surface area contributed by atoms with Gasteiger partial charge in [-0.2, -0.15) is 0 Å². The summed E-state index contributed by atoms with van der Waals surface area (Å²) in [7, 11) is 0. The van der Waals surface area contributed by atoms with Crippen molar-refractivity contribution in [3.8, 4) is 0 Å². The van der Waals surface area contributed by atoms with Gasteiger partial charge in [-0.1, -0.05) is 23.7 Å². The Bertz CT molecular complexity index is 443. The van der Waals surface area contributed by atoms with E-state index in [1.807, 2.05) is 6.07 Å². The van der Waals surface area contributed by atoms with Gasteiger partial charge in [-0.15, -0.1) is 0 Å². The van der Waals surface area contributed by atoms with Gasteiger partial charge in [-0.25, -0.2) is 0 Å². The second-order valence-electron chi connectivity index (χ2n) is 3.32. The van der Waals surface area contributed by atoms with Crippen LogP contribution in [0.1, 0.15) is 12.0 Å². The third-order valence-electron chi connectivity index (χ3n) is 1.91. The zero-order valence-corrected chi connectivity index (χ0v) is 9.78. The van der Waals surface area contributed by atoms with E-state index in [0.29, 0.717) is 5.02 Å².